The Labute approximate surface area is 210 Å². The predicted octanol–water partition coefficient (Wildman–Crippen LogP) is 6.68. The van der Waals surface area contributed by atoms with Crippen molar-refractivity contribution < 1.29 is 4.79 Å². The van der Waals surface area contributed by atoms with Gasteiger partial charge >= 0.3 is 0 Å². The Balaban J connectivity index is 2.01. The second kappa shape index (κ2) is 8.85. The molecule has 2 N–H and O–H groups in total. The smallest absolute Gasteiger partial charge is 0.254 e. The minimum atomic E-state index is -0.440. The molecule has 1 atom stereocenters. The van der Waals surface area contributed by atoms with Crippen LogP contribution in [0.4, 0.5) is 5.82 Å². The lowest BCUT2D eigenvalue weighted by atomic mass is 9.76. The highest BCUT2D eigenvalue weighted by molar-refractivity contribution is 5.98. The van der Waals surface area contributed by atoms with Gasteiger partial charge in [0.1, 0.15) is 11.4 Å². The number of primary amides is 1. The van der Waals surface area contributed by atoms with Gasteiger partial charge in [-0.05, 0) is 55.2 Å². The van der Waals surface area contributed by atoms with E-state index >= 15 is 0 Å². The number of aromatic nitrogens is 2. The molecule has 2 heterocycles. The molecule has 1 aliphatic rings. The number of benzene rings is 2. The van der Waals surface area contributed by atoms with Crippen molar-refractivity contribution in [1.29, 1.82) is 0 Å². The molecule has 5 nitrogen and oxygen atoms in total. The molecule has 1 aliphatic heterocycles. The molecular weight excluding hydrogens is 432 g/mol. The summed E-state index contributed by atoms with van der Waals surface area (Å²) in [6, 6.07) is 19.8. The van der Waals surface area contributed by atoms with Crippen molar-refractivity contribution in [2.75, 3.05) is 4.90 Å². The standard InChI is InChI=1S/C30H40N4O/c1-8-30(9-2,23-17-15-22(16-18-23)28(3,4)5)33-25(21-13-11-10-12-14-21)19-29(6,7)34-27(33)24(20-32-34)26(31)35/h10-18,20,25H,8-9,19H2,1-7H3,(H2,31,35)/t25-/m1/s1. The number of amides is 1. The fourth-order valence-electron chi connectivity index (χ4n) is 5.85. The third kappa shape index (κ3) is 4.15. The molecule has 0 saturated carbocycles. The number of carbonyl (C=O) groups excluding carboxylic acids is 1. The largest absolute Gasteiger partial charge is 0.365 e. The van der Waals surface area contributed by atoms with Crippen LogP contribution in [-0.4, -0.2) is 15.7 Å². The normalized spacial score (nSPS) is 17.8. The molecular formula is C30H40N4O. The zero-order chi connectivity index (χ0) is 25.6. The van der Waals surface area contributed by atoms with Crippen LogP contribution in [0.3, 0.4) is 0 Å². The molecule has 1 aromatic heterocycles. The number of rotatable bonds is 6. The SMILES string of the molecule is CCC(CC)(c1ccc(C(C)(C)C)cc1)N1c2c(C(N)=O)cnn2C(C)(C)C[C@@H]1c1ccccc1. The molecule has 1 amide bonds. The second-order valence-electron chi connectivity index (χ2n) is 11.5. The number of hydrogen-bond acceptors (Lipinski definition) is 3. The van der Waals surface area contributed by atoms with Gasteiger partial charge in [0.2, 0.25) is 0 Å². The molecule has 0 fully saturated rings. The van der Waals surface area contributed by atoms with E-state index in [0.29, 0.717) is 5.56 Å². The highest BCUT2D eigenvalue weighted by Gasteiger charge is 2.49. The Morgan fingerprint density at radius 3 is 2.09 bits per heavy atom. The van der Waals surface area contributed by atoms with Gasteiger partial charge in [-0.3, -0.25) is 4.79 Å². The van der Waals surface area contributed by atoms with E-state index in [1.807, 2.05) is 4.68 Å². The van der Waals surface area contributed by atoms with Crippen molar-refractivity contribution in [3.63, 3.8) is 0 Å². The third-order valence-corrected chi connectivity index (χ3v) is 7.92. The van der Waals surface area contributed by atoms with E-state index in [0.717, 1.165) is 25.1 Å². The lowest BCUT2D eigenvalue weighted by Gasteiger charge is -2.54. The molecule has 0 radical (unpaired) electrons. The van der Waals surface area contributed by atoms with Gasteiger partial charge in [-0.15, -0.1) is 0 Å². The third-order valence-electron chi connectivity index (χ3n) is 7.92. The van der Waals surface area contributed by atoms with Crippen molar-refractivity contribution in [3.05, 3.63) is 83.0 Å². The highest BCUT2D eigenvalue weighted by atomic mass is 16.1. The van der Waals surface area contributed by atoms with Crippen molar-refractivity contribution in [1.82, 2.24) is 9.78 Å². The highest BCUT2D eigenvalue weighted by Crippen LogP contribution is 2.52. The zero-order valence-electron chi connectivity index (χ0n) is 22.3. The fourth-order valence-corrected chi connectivity index (χ4v) is 5.85. The maximum absolute atomic E-state index is 12.7. The Morgan fingerprint density at radius 1 is 1.00 bits per heavy atom. The molecule has 0 spiro atoms. The van der Waals surface area contributed by atoms with E-state index in [9.17, 15) is 4.79 Å². The average Bonchev–Trinajstić information content (AvgIpc) is 3.28. The van der Waals surface area contributed by atoms with Crippen LogP contribution in [0.2, 0.25) is 0 Å². The summed E-state index contributed by atoms with van der Waals surface area (Å²) in [5, 5.41) is 4.71. The van der Waals surface area contributed by atoms with E-state index in [2.05, 4.69) is 108 Å². The van der Waals surface area contributed by atoms with Gasteiger partial charge < -0.3 is 10.6 Å². The van der Waals surface area contributed by atoms with Crippen molar-refractivity contribution in [2.45, 2.75) is 90.3 Å². The summed E-state index contributed by atoms with van der Waals surface area (Å²) in [5.74, 6) is 0.385. The topological polar surface area (TPSA) is 64.2 Å². The van der Waals surface area contributed by atoms with E-state index in [-0.39, 0.29) is 22.5 Å². The molecule has 35 heavy (non-hydrogen) atoms. The van der Waals surface area contributed by atoms with E-state index in [1.165, 1.54) is 16.7 Å². The Morgan fingerprint density at radius 2 is 1.57 bits per heavy atom. The zero-order valence-corrected chi connectivity index (χ0v) is 22.3. The van der Waals surface area contributed by atoms with Crippen molar-refractivity contribution >= 4 is 11.7 Å². The number of nitrogens with zero attached hydrogens (tertiary/aromatic N) is 3. The molecule has 2 aromatic carbocycles. The number of anilines is 1. The summed E-state index contributed by atoms with van der Waals surface area (Å²) in [6.07, 6.45) is 4.28. The molecule has 0 saturated heterocycles. The minimum absolute atomic E-state index is 0.0655. The number of carbonyl (C=O) groups is 1. The van der Waals surface area contributed by atoms with Crippen molar-refractivity contribution in [3.8, 4) is 0 Å². The van der Waals surface area contributed by atoms with Gasteiger partial charge in [-0.1, -0.05) is 89.2 Å². The van der Waals surface area contributed by atoms with Gasteiger partial charge in [-0.25, -0.2) is 4.68 Å². The number of fused-ring (bicyclic) bond motifs is 1. The monoisotopic (exact) mass is 472 g/mol. The first kappa shape index (κ1) is 25.0. The Kier molecular flexibility index (Phi) is 6.33. The molecule has 4 rings (SSSR count). The van der Waals surface area contributed by atoms with Crippen LogP contribution in [0.5, 0.6) is 0 Å². The van der Waals surface area contributed by atoms with Gasteiger partial charge in [0.15, 0.2) is 0 Å². The fraction of sp³-hybridized carbons (Fsp3) is 0.467. The summed E-state index contributed by atoms with van der Waals surface area (Å²) in [6.45, 7) is 15.6. The first-order chi connectivity index (χ1) is 16.5. The first-order valence-corrected chi connectivity index (χ1v) is 12.8. The molecule has 186 valence electrons. The van der Waals surface area contributed by atoms with Crippen LogP contribution in [-0.2, 0) is 16.5 Å². The molecule has 0 bridgehead atoms. The van der Waals surface area contributed by atoms with Crippen LogP contribution in [0.15, 0.2) is 60.8 Å². The minimum Gasteiger partial charge on any atom is -0.365 e. The van der Waals surface area contributed by atoms with Gasteiger partial charge in [0.05, 0.1) is 23.3 Å². The van der Waals surface area contributed by atoms with E-state index < -0.39 is 5.91 Å². The summed E-state index contributed by atoms with van der Waals surface area (Å²) in [5.41, 5.74) is 9.68. The van der Waals surface area contributed by atoms with Gasteiger partial charge in [0, 0.05) is 0 Å². The molecule has 0 unspecified atom stereocenters. The Bertz CT molecular complexity index is 1180. The second-order valence-corrected chi connectivity index (χ2v) is 11.5. The van der Waals surface area contributed by atoms with Crippen LogP contribution in [0.25, 0.3) is 0 Å². The summed E-state index contributed by atoms with van der Waals surface area (Å²) < 4.78 is 2.02. The average molecular weight is 473 g/mol. The maximum atomic E-state index is 12.7. The maximum Gasteiger partial charge on any atom is 0.254 e. The van der Waals surface area contributed by atoms with E-state index in [1.54, 1.807) is 6.20 Å². The van der Waals surface area contributed by atoms with Gasteiger partial charge in [-0.2, -0.15) is 5.10 Å². The molecule has 3 aromatic rings. The number of hydrogen-bond donors (Lipinski definition) is 1. The summed E-state index contributed by atoms with van der Waals surface area (Å²) in [4.78, 5) is 15.1. The lowest BCUT2D eigenvalue weighted by Crippen LogP contribution is -2.54. The lowest BCUT2D eigenvalue weighted by molar-refractivity contribution is 0.0999. The Hall–Kier alpha value is -3.08. The molecule has 0 aliphatic carbocycles. The van der Waals surface area contributed by atoms with E-state index in [4.69, 9.17) is 10.8 Å². The summed E-state index contributed by atoms with van der Waals surface area (Å²) in [7, 11) is 0. The van der Waals surface area contributed by atoms with Crippen molar-refractivity contribution in [2.24, 2.45) is 5.73 Å². The predicted molar refractivity (Wildman–Crippen MR) is 144 cm³/mol. The van der Waals surface area contributed by atoms with Crippen LogP contribution < -0.4 is 10.6 Å². The van der Waals surface area contributed by atoms with Crippen LogP contribution in [0, 0.1) is 0 Å². The first-order valence-electron chi connectivity index (χ1n) is 12.8. The summed E-state index contributed by atoms with van der Waals surface area (Å²) >= 11 is 0. The number of nitrogens with two attached hydrogens (primary N) is 1. The quantitative estimate of drug-likeness (QED) is 0.435. The van der Waals surface area contributed by atoms with Crippen LogP contribution in [0.1, 0.15) is 101 Å². The molecule has 5 heteroatoms. The van der Waals surface area contributed by atoms with Crippen LogP contribution >= 0.6 is 0 Å². The van der Waals surface area contributed by atoms with Gasteiger partial charge in [0.25, 0.3) is 5.91 Å².